The van der Waals surface area contributed by atoms with Gasteiger partial charge in [0.15, 0.2) is 11.5 Å². The van der Waals surface area contributed by atoms with Gasteiger partial charge in [-0.2, -0.15) is 0 Å². The van der Waals surface area contributed by atoms with Gasteiger partial charge in [-0.25, -0.2) is 0 Å². The molecular formula is C17H27ClN2O3. The topological polar surface area (TPSA) is 54.0 Å². The quantitative estimate of drug-likeness (QED) is 0.797. The Kier molecular flexibility index (Phi) is 6.96. The van der Waals surface area contributed by atoms with Crippen molar-refractivity contribution in [2.24, 2.45) is 0 Å². The Labute approximate surface area is 143 Å². The maximum absolute atomic E-state index is 9.88. The maximum Gasteiger partial charge on any atom is 0.180 e. The van der Waals surface area contributed by atoms with Gasteiger partial charge in [0.25, 0.3) is 0 Å². The number of nitrogens with one attached hydrogen (secondary N) is 1. The van der Waals surface area contributed by atoms with E-state index in [1.807, 2.05) is 32.9 Å². The average molecular weight is 343 g/mol. The number of aliphatic hydroxyl groups is 1. The van der Waals surface area contributed by atoms with Crippen LogP contribution in [0, 0.1) is 0 Å². The molecule has 1 unspecified atom stereocenters. The predicted octanol–water partition coefficient (Wildman–Crippen LogP) is 2.46. The van der Waals surface area contributed by atoms with Crippen LogP contribution in [0.15, 0.2) is 12.1 Å². The fraction of sp³-hybridized carbons (Fsp3) is 0.647. The van der Waals surface area contributed by atoms with Crippen molar-refractivity contribution in [1.82, 2.24) is 10.2 Å². The first-order valence-electron chi connectivity index (χ1n) is 8.25. The van der Waals surface area contributed by atoms with E-state index in [0.717, 1.165) is 31.7 Å². The standard InChI is InChI=1S/C17H27ClN2O3/c1-4-22-16-10-13(9-14(18)17(16)23-12(2)3)15(11-21)20-7-5-19-6-8-20/h9-10,12,15,19,21H,4-8,11H2,1-3H3. The number of halogens is 1. The molecule has 0 aliphatic carbocycles. The summed E-state index contributed by atoms with van der Waals surface area (Å²) in [6.07, 6.45) is 0.0133. The van der Waals surface area contributed by atoms with E-state index in [2.05, 4.69) is 10.2 Å². The van der Waals surface area contributed by atoms with E-state index in [1.165, 1.54) is 0 Å². The van der Waals surface area contributed by atoms with E-state index < -0.39 is 0 Å². The highest BCUT2D eigenvalue weighted by Crippen LogP contribution is 2.39. The molecule has 0 saturated carbocycles. The lowest BCUT2D eigenvalue weighted by molar-refractivity contribution is 0.110. The van der Waals surface area contributed by atoms with Gasteiger partial charge in [0.2, 0.25) is 0 Å². The number of aliphatic hydroxyl groups excluding tert-OH is 1. The number of piperazine rings is 1. The van der Waals surface area contributed by atoms with Crippen molar-refractivity contribution in [3.63, 3.8) is 0 Å². The molecule has 5 nitrogen and oxygen atoms in total. The van der Waals surface area contributed by atoms with Gasteiger partial charge in [0.05, 0.1) is 30.4 Å². The molecule has 1 saturated heterocycles. The van der Waals surface area contributed by atoms with Crippen molar-refractivity contribution in [2.45, 2.75) is 32.9 Å². The Morgan fingerprint density at radius 2 is 2.00 bits per heavy atom. The third-order valence-electron chi connectivity index (χ3n) is 3.84. The number of benzene rings is 1. The van der Waals surface area contributed by atoms with Crippen molar-refractivity contribution < 1.29 is 14.6 Å². The summed E-state index contributed by atoms with van der Waals surface area (Å²) < 4.78 is 11.5. The van der Waals surface area contributed by atoms with Gasteiger partial charge in [0.1, 0.15) is 0 Å². The van der Waals surface area contributed by atoms with Gasteiger partial charge >= 0.3 is 0 Å². The molecule has 0 aromatic heterocycles. The van der Waals surface area contributed by atoms with E-state index >= 15 is 0 Å². The smallest absolute Gasteiger partial charge is 0.180 e. The first kappa shape index (κ1) is 18.3. The Morgan fingerprint density at radius 3 is 2.57 bits per heavy atom. The van der Waals surface area contributed by atoms with Crippen molar-refractivity contribution in [3.05, 3.63) is 22.7 Å². The van der Waals surface area contributed by atoms with Gasteiger partial charge in [-0.15, -0.1) is 0 Å². The minimum atomic E-state index is -0.0816. The Bertz CT molecular complexity index is 505. The van der Waals surface area contributed by atoms with Crippen molar-refractivity contribution >= 4 is 11.6 Å². The highest BCUT2D eigenvalue weighted by molar-refractivity contribution is 6.32. The number of hydrogen-bond acceptors (Lipinski definition) is 5. The van der Waals surface area contributed by atoms with Gasteiger partial charge in [0, 0.05) is 26.2 Å². The molecular weight excluding hydrogens is 316 g/mol. The summed E-state index contributed by atoms with van der Waals surface area (Å²) in [5.41, 5.74) is 0.957. The second-order valence-electron chi connectivity index (χ2n) is 5.91. The minimum Gasteiger partial charge on any atom is -0.490 e. The van der Waals surface area contributed by atoms with Crippen LogP contribution in [0.25, 0.3) is 0 Å². The third kappa shape index (κ3) is 4.73. The van der Waals surface area contributed by atoms with Crippen molar-refractivity contribution in [3.8, 4) is 11.5 Å². The van der Waals surface area contributed by atoms with E-state index in [0.29, 0.717) is 23.1 Å². The van der Waals surface area contributed by atoms with E-state index in [1.54, 1.807) is 0 Å². The molecule has 23 heavy (non-hydrogen) atoms. The third-order valence-corrected chi connectivity index (χ3v) is 4.12. The van der Waals surface area contributed by atoms with E-state index in [4.69, 9.17) is 21.1 Å². The van der Waals surface area contributed by atoms with Crippen molar-refractivity contribution in [1.29, 1.82) is 0 Å². The van der Waals surface area contributed by atoms with Crippen LogP contribution < -0.4 is 14.8 Å². The summed E-state index contributed by atoms with van der Waals surface area (Å²) in [5, 5.41) is 13.7. The first-order valence-corrected chi connectivity index (χ1v) is 8.63. The van der Waals surface area contributed by atoms with E-state index in [-0.39, 0.29) is 18.8 Å². The van der Waals surface area contributed by atoms with Crippen LogP contribution in [0.3, 0.4) is 0 Å². The monoisotopic (exact) mass is 342 g/mol. The van der Waals surface area contributed by atoms with Crippen LogP contribution in [0.1, 0.15) is 32.4 Å². The molecule has 0 bridgehead atoms. The average Bonchev–Trinajstić information content (AvgIpc) is 2.52. The Morgan fingerprint density at radius 1 is 1.30 bits per heavy atom. The lowest BCUT2D eigenvalue weighted by atomic mass is 10.0. The second-order valence-corrected chi connectivity index (χ2v) is 6.32. The van der Waals surface area contributed by atoms with Gasteiger partial charge in [-0.1, -0.05) is 11.6 Å². The van der Waals surface area contributed by atoms with Crippen molar-refractivity contribution in [2.75, 3.05) is 39.4 Å². The summed E-state index contributed by atoms with van der Waals surface area (Å²) in [7, 11) is 0. The predicted molar refractivity (Wildman–Crippen MR) is 92.7 cm³/mol. The number of nitrogens with zero attached hydrogens (tertiary/aromatic N) is 1. The Balaban J connectivity index is 2.33. The Hall–Kier alpha value is -1.01. The zero-order valence-corrected chi connectivity index (χ0v) is 14.9. The van der Waals surface area contributed by atoms with Gasteiger partial charge in [-0.3, -0.25) is 4.90 Å². The number of rotatable bonds is 7. The summed E-state index contributed by atoms with van der Waals surface area (Å²) in [6, 6.07) is 3.74. The van der Waals surface area contributed by atoms with E-state index in [9.17, 15) is 5.11 Å². The summed E-state index contributed by atoms with van der Waals surface area (Å²) in [6.45, 7) is 10.1. The van der Waals surface area contributed by atoms with Crippen LogP contribution in [0.2, 0.25) is 5.02 Å². The molecule has 6 heteroatoms. The highest BCUT2D eigenvalue weighted by Gasteiger charge is 2.24. The molecule has 1 atom stereocenters. The summed E-state index contributed by atoms with van der Waals surface area (Å²) in [4.78, 5) is 2.26. The fourth-order valence-corrected chi connectivity index (χ4v) is 3.08. The molecule has 1 aliphatic heterocycles. The normalized spacial score (nSPS) is 17.3. The lowest BCUT2D eigenvalue weighted by Crippen LogP contribution is -2.46. The molecule has 1 aromatic rings. The summed E-state index contributed by atoms with van der Waals surface area (Å²) in [5.74, 6) is 1.21. The van der Waals surface area contributed by atoms with Crippen LogP contribution >= 0.6 is 11.6 Å². The molecule has 0 amide bonds. The second kappa shape index (κ2) is 8.73. The highest BCUT2D eigenvalue weighted by atomic mass is 35.5. The zero-order chi connectivity index (χ0) is 16.8. The zero-order valence-electron chi connectivity index (χ0n) is 14.1. The minimum absolute atomic E-state index is 0.0133. The molecule has 1 aromatic carbocycles. The first-order chi connectivity index (χ1) is 11.1. The van der Waals surface area contributed by atoms with Crippen LogP contribution in [0.5, 0.6) is 11.5 Å². The molecule has 0 radical (unpaired) electrons. The van der Waals surface area contributed by atoms with Crippen LogP contribution in [-0.4, -0.2) is 55.5 Å². The maximum atomic E-state index is 9.88. The van der Waals surface area contributed by atoms with Crippen LogP contribution in [0.4, 0.5) is 0 Å². The molecule has 1 fully saturated rings. The molecule has 130 valence electrons. The number of ether oxygens (including phenoxy) is 2. The molecule has 1 heterocycles. The summed E-state index contributed by atoms with van der Waals surface area (Å²) >= 11 is 6.44. The molecule has 1 aliphatic rings. The van der Waals surface area contributed by atoms with Crippen LogP contribution in [-0.2, 0) is 0 Å². The largest absolute Gasteiger partial charge is 0.490 e. The van der Waals surface area contributed by atoms with Gasteiger partial charge < -0.3 is 19.9 Å². The number of hydrogen-bond donors (Lipinski definition) is 2. The molecule has 2 N–H and O–H groups in total. The molecule has 0 spiro atoms. The van der Waals surface area contributed by atoms with Gasteiger partial charge in [-0.05, 0) is 38.5 Å². The lowest BCUT2D eigenvalue weighted by Gasteiger charge is -2.34. The SMILES string of the molecule is CCOc1cc(C(CO)N2CCNCC2)cc(Cl)c1OC(C)C. The fourth-order valence-electron chi connectivity index (χ4n) is 2.82. The molecule has 2 rings (SSSR count).